The van der Waals surface area contributed by atoms with Crippen LogP contribution < -0.4 is 9.62 Å². The molecule has 2 rings (SSSR count). The van der Waals surface area contributed by atoms with Crippen LogP contribution in [0.2, 0.25) is 0 Å². The van der Waals surface area contributed by atoms with Crippen LogP contribution in [0.5, 0.6) is 0 Å². The van der Waals surface area contributed by atoms with Crippen molar-refractivity contribution in [1.29, 1.82) is 0 Å². The summed E-state index contributed by atoms with van der Waals surface area (Å²) in [6, 6.07) is 4.21. The molecule has 0 saturated carbocycles. The van der Waals surface area contributed by atoms with Crippen LogP contribution >= 0.6 is 11.8 Å². The minimum Gasteiger partial charge on any atom is -0.361 e. The van der Waals surface area contributed by atoms with E-state index in [1.54, 1.807) is 0 Å². The molecule has 122 valence electrons. The largest absolute Gasteiger partial charge is 0.361 e. The molecule has 2 unspecified atom stereocenters. The van der Waals surface area contributed by atoms with Crippen molar-refractivity contribution in [2.45, 2.75) is 30.0 Å². The minimum absolute atomic E-state index is 0.0995. The van der Waals surface area contributed by atoms with E-state index in [0.717, 1.165) is 11.8 Å². The number of rotatable bonds is 4. The molecule has 1 N–H and O–H groups in total. The Labute approximate surface area is 134 Å². The zero-order chi connectivity index (χ0) is 16.5. The lowest BCUT2D eigenvalue weighted by Gasteiger charge is -2.38. The van der Waals surface area contributed by atoms with Gasteiger partial charge in [-0.2, -0.15) is 11.8 Å². The predicted molar refractivity (Wildman–Crippen MR) is 88.1 cm³/mol. The molecule has 1 aliphatic rings. The molecule has 1 aromatic rings. The van der Waals surface area contributed by atoms with Gasteiger partial charge in [-0.05, 0) is 26.1 Å². The fraction of sp³-hybridized carbons (Fsp3) is 0.538. The van der Waals surface area contributed by atoms with Crippen molar-refractivity contribution in [3.63, 3.8) is 0 Å². The highest BCUT2D eigenvalue weighted by Gasteiger charge is 2.31. The summed E-state index contributed by atoms with van der Waals surface area (Å²) in [5.41, 5.74) is 0.293. The first-order chi connectivity index (χ1) is 10.3. The lowest BCUT2D eigenvalue weighted by atomic mass is 10.1. The van der Waals surface area contributed by atoms with Crippen molar-refractivity contribution < 1.29 is 13.3 Å². The van der Waals surface area contributed by atoms with Gasteiger partial charge in [-0.1, -0.05) is 6.92 Å². The van der Waals surface area contributed by atoms with E-state index in [1.165, 1.54) is 19.2 Å². The predicted octanol–water partition coefficient (Wildman–Crippen LogP) is 1.83. The van der Waals surface area contributed by atoms with Crippen LogP contribution in [-0.4, -0.2) is 44.0 Å². The first-order valence-electron chi connectivity index (χ1n) is 6.88. The molecule has 7 nitrogen and oxygen atoms in total. The summed E-state index contributed by atoms with van der Waals surface area (Å²) >= 11 is 1.83. The van der Waals surface area contributed by atoms with Crippen LogP contribution in [0.15, 0.2) is 23.1 Å². The topological polar surface area (TPSA) is 92.6 Å². The molecule has 0 aromatic heterocycles. The van der Waals surface area contributed by atoms with Crippen LogP contribution in [0.4, 0.5) is 11.4 Å². The van der Waals surface area contributed by atoms with Crippen molar-refractivity contribution >= 4 is 33.2 Å². The Hall–Kier alpha value is -1.32. The van der Waals surface area contributed by atoms with E-state index in [0.29, 0.717) is 17.5 Å². The molecule has 9 heteroatoms. The Kier molecular flexibility index (Phi) is 4.98. The number of nitro benzene ring substituents is 1. The molecule has 1 aromatic carbocycles. The smallest absolute Gasteiger partial charge is 0.293 e. The number of sulfonamides is 1. The highest BCUT2D eigenvalue weighted by Crippen LogP contribution is 2.36. The van der Waals surface area contributed by atoms with Gasteiger partial charge in [-0.15, -0.1) is 0 Å². The molecular formula is C13H19N3O4S2. The van der Waals surface area contributed by atoms with E-state index in [4.69, 9.17) is 0 Å². The zero-order valence-corrected chi connectivity index (χ0v) is 14.3. The average molecular weight is 345 g/mol. The molecule has 0 spiro atoms. The van der Waals surface area contributed by atoms with Crippen molar-refractivity contribution in [1.82, 2.24) is 4.72 Å². The normalized spacial score (nSPS) is 22.6. The second-order valence-corrected chi connectivity index (χ2v) is 8.50. The molecular weight excluding hydrogens is 326 g/mol. The molecule has 1 aliphatic heterocycles. The summed E-state index contributed by atoms with van der Waals surface area (Å²) in [6.07, 6.45) is 0. The fourth-order valence-electron chi connectivity index (χ4n) is 2.45. The van der Waals surface area contributed by atoms with Gasteiger partial charge in [0.25, 0.3) is 5.69 Å². The maximum Gasteiger partial charge on any atom is 0.293 e. The van der Waals surface area contributed by atoms with Gasteiger partial charge in [0.1, 0.15) is 5.69 Å². The van der Waals surface area contributed by atoms with Crippen LogP contribution in [-0.2, 0) is 10.0 Å². The SMILES string of the molecule is CNS(=O)(=O)c1ccc(N2CCSC(C)C2C)c([N+](=O)[O-])c1. The van der Waals surface area contributed by atoms with Crippen LogP contribution in [0, 0.1) is 10.1 Å². The van der Waals surface area contributed by atoms with Crippen molar-refractivity contribution in [3.05, 3.63) is 28.3 Å². The lowest BCUT2D eigenvalue weighted by molar-refractivity contribution is -0.384. The summed E-state index contributed by atoms with van der Waals surface area (Å²) < 4.78 is 25.8. The van der Waals surface area contributed by atoms with Gasteiger partial charge in [0, 0.05) is 29.7 Å². The Morgan fingerprint density at radius 2 is 2.09 bits per heavy atom. The average Bonchev–Trinajstić information content (AvgIpc) is 2.49. The summed E-state index contributed by atoms with van der Waals surface area (Å²) in [5.74, 6) is 0.888. The van der Waals surface area contributed by atoms with Crippen molar-refractivity contribution in [3.8, 4) is 0 Å². The number of hydrogen-bond donors (Lipinski definition) is 1. The van der Waals surface area contributed by atoms with Crippen LogP contribution in [0.25, 0.3) is 0 Å². The molecule has 0 bridgehead atoms. The molecule has 0 amide bonds. The van der Waals surface area contributed by atoms with Gasteiger partial charge in [-0.3, -0.25) is 10.1 Å². The van der Waals surface area contributed by atoms with Crippen molar-refractivity contribution in [2.75, 3.05) is 24.2 Å². The number of thioether (sulfide) groups is 1. The van der Waals surface area contributed by atoms with E-state index in [9.17, 15) is 18.5 Å². The summed E-state index contributed by atoms with van der Waals surface area (Å²) in [5, 5.41) is 11.7. The number of nitro groups is 1. The number of benzene rings is 1. The number of nitrogens with one attached hydrogen (secondary N) is 1. The third-order valence-electron chi connectivity index (χ3n) is 3.92. The first kappa shape index (κ1) is 17.0. The monoisotopic (exact) mass is 345 g/mol. The van der Waals surface area contributed by atoms with Crippen molar-refractivity contribution in [2.24, 2.45) is 0 Å². The van der Waals surface area contributed by atoms with E-state index in [-0.39, 0.29) is 16.6 Å². The molecule has 1 saturated heterocycles. The Balaban J connectivity index is 2.50. The highest BCUT2D eigenvalue weighted by atomic mass is 32.2. The molecule has 1 heterocycles. The second-order valence-electron chi connectivity index (χ2n) is 5.13. The summed E-state index contributed by atoms with van der Waals surface area (Å²) in [7, 11) is -2.42. The number of nitrogens with zero attached hydrogens (tertiary/aromatic N) is 2. The molecule has 0 radical (unpaired) electrons. The van der Waals surface area contributed by atoms with E-state index < -0.39 is 14.9 Å². The first-order valence-corrected chi connectivity index (χ1v) is 9.41. The molecule has 22 heavy (non-hydrogen) atoms. The maximum absolute atomic E-state index is 11.8. The summed E-state index contributed by atoms with van der Waals surface area (Å²) in [6.45, 7) is 4.82. The Morgan fingerprint density at radius 1 is 1.41 bits per heavy atom. The second kappa shape index (κ2) is 6.43. The zero-order valence-electron chi connectivity index (χ0n) is 12.6. The van der Waals surface area contributed by atoms with E-state index >= 15 is 0 Å². The van der Waals surface area contributed by atoms with E-state index in [2.05, 4.69) is 11.6 Å². The van der Waals surface area contributed by atoms with Gasteiger partial charge < -0.3 is 4.90 Å². The van der Waals surface area contributed by atoms with Gasteiger partial charge >= 0.3 is 0 Å². The fourth-order valence-corrected chi connectivity index (χ4v) is 4.30. The van der Waals surface area contributed by atoms with Gasteiger partial charge in [0.15, 0.2) is 0 Å². The minimum atomic E-state index is -3.70. The molecule has 1 fully saturated rings. The lowest BCUT2D eigenvalue weighted by Crippen LogP contribution is -2.45. The van der Waals surface area contributed by atoms with E-state index in [1.807, 2.05) is 23.6 Å². The van der Waals surface area contributed by atoms with Gasteiger partial charge in [-0.25, -0.2) is 13.1 Å². The van der Waals surface area contributed by atoms with Crippen LogP contribution in [0.1, 0.15) is 13.8 Å². The third kappa shape index (κ3) is 3.21. The maximum atomic E-state index is 11.8. The van der Waals surface area contributed by atoms with Gasteiger partial charge in [0.05, 0.1) is 9.82 Å². The number of anilines is 1. The highest BCUT2D eigenvalue weighted by molar-refractivity contribution is 8.00. The third-order valence-corrected chi connectivity index (χ3v) is 6.67. The number of hydrogen-bond acceptors (Lipinski definition) is 6. The quantitative estimate of drug-likeness (QED) is 0.661. The summed E-state index contributed by atoms with van der Waals surface area (Å²) in [4.78, 5) is 12.7. The Bertz CT molecular complexity index is 678. The van der Waals surface area contributed by atoms with Crippen LogP contribution in [0.3, 0.4) is 0 Å². The van der Waals surface area contributed by atoms with Gasteiger partial charge in [0.2, 0.25) is 10.0 Å². The standard InChI is InChI=1S/C13H19N3O4S2/c1-9-10(2)21-7-6-15(9)12-5-4-11(22(19,20)14-3)8-13(12)16(17)18/h4-5,8-10,14H,6-7H2,1-3H3. The molecule has 2 atom stereocenters. The molecule has 0 aliphatic carbocycles. The Morgan fingerprint density at radius 3 is 2.68 bits per heavy atom.